The summed E-state index contributed by atoms with van der Waals surface area (Å²) in [5.41, 5.74) is -1.22. The lowest BCUT2D eigenvalue weighted by Crippen LogP contribution is -2.38. The van der Waals surface area contributed by atoms with E-state index in [0.29, 0.717) is 16.5 Å². The van der Waals surface area contributed by atoms with Gasteiger partial charge >= 0.3 is 11.9 Å². The Kier molecular flexibility index (Phi) is 2.81. The Morgan fingerprint density at radius 1 is 1.08 bits per heavy atom. The van der Waals surface area contributed by atoms with Gasteiger partial charge in [-0.3, -0.25) is 4.79 Å². The largest absolute Gasteiger partial charge is 0.489 e. The van der Waals surface area contributed by atoms with Crippen molar-refractivity contribution in [1.29, 1.82) is 0 Å². The minimum absolute atomic E-state index is 0.216. The molecule has 24 heavy (non-hydrogen) atoms. The number of hydrogen-bond donors (Lipinski definition) is 0. The monoisotopic (exact) mass is 324 g/mol. The molecule has 6 nitrogen and oxygen atoms in total. The maximum atomic E-state index is 13.2. The van der Waals surface area contributed by atoms with E-state index in [0.717, 1.165) is 5.39 Å². The quantitative estimate of drug-likeness (QED) is 0.785. The fourth-order valence-electron chi connectivity index (χ4n) is 3.51. The van der Waals surface area contributed by atoms with Crippen LogP contribution in [0.25, 0.3) is 10.8 Å². The third kappa shape index (κ3) is 1.47. The molecule has 0 amide bonds. The molecule has 2 aliphatic rings. The Bertz CT molecular complexity index is 965. The first-order valence-electron chi connectivity index (χ1n) is 7.23. The first-order chi connectivity index (χ1) is 11.6. The zero-order chi connectivity index (χ0) is 17.1. The van der Waals surface area contributed by atoms with E-state index >= 15 is 0 Å². The number of fused-ring (bicyclic) bond motifs is 1. The molecule has 0 fully saturated rings. The molecular formula is C18H12O6. The topological polar surface area (TPSA) is 78.9 Å². The molecule has 1 spiro atoms. The van der Waals surface area contributed by atoms with E-state index < -0.39 is 23.3 Å². The lowest BCUT2D eigenvalue weighted by molar-refractivity contribution is -0.148. The number of esters is 2. The van der Waals surface area contributed by atoms with Crippen LogP contribution in [0, 0.1) is 0 Å². The summed E-state index contributed by atoms with van der Waals surface area (Å²) in [5.74, 6) is -2.48. The lowest BCUT2D eigenvalue weighted by Gasteiger charge is -2.24. The summed E-state index contributed by atoms with van der Waals surface area (Å²) in [6.07, 6.45) is 0. The Morgan fingerprint density at radius 3 is 2.46 bits per heavy atom. The number of ether oxygens (including phenoxy) is 3. The van der Waals surface area contributed by atoms with Crippen LogP contribution in [0.2, 0.25) is 0 Å². The SMILES string of the molecule is COC(=O)C1=C(OC)C(=O)OC12C(=O)c1cccc3cccc2c13. The standard InChI is InChI=1S/C18H12O6/c1-22-14-13(16(20)23-2)18(24-17(14)21)11-8-4-6-9-5-3-7-10(12(9)11)15(18)19/h3-8H,1-2H3. The summed E-state index contributed by atoms with van der Waals surface area (Å²) in [6.45, 7) is 0. The Balaban J connectivity index is 2.12. The average Bonchev–Trinajstić information content (AvgIpc) is 3.03. The van der Waals surface area contributed by atoms with Crippen molar-refractivity contribution >= 4 is 28.5 Å². The van der Waals surface area contributed by atoms with Gasteiger partial charge in [-0.2, -0.15) is 0 Å². The van der Waals surface area contributed by atoms with Crippen molar-refractivity contribution in [2.24, 2.45) is 0 Å². The van der Waals surface area contributed by atoms with Gasteiger partial charge in [-0.25, -0.2) is 9.59 Å². The van der Waals surface area contributed by atoms with Crippen LogP contribution in [-0.2, 0) is 29.4 Å². The molecule has 2 aromatic rings. The Morgan fingerprint density at radius 2 is 1.79 bits per heavy atom. The number of hydrogen-bond acceptors (Lipinski definition) is 6. The van der Waals surface area contributed by atoms with E-state index in [1.54, 1.807) is 24.3 Å². The van der Waals surface area contributed by atoms with Crippen molar-refractivity contribution in [2.75, 3.05) is 14.2 Å². The van der Waals surface area contributed by atoms with Gasteiger partial charge in [0.25, 0.3) is 0 Å². The molecular weight excluding hydrogens is 312 g/mol. The van der Waals surface area contributed by atoms with Gasteiger partial charge in [-0.1, -0.05) is 36.4 Å². The van der Waals surface area contributed by atoms with E-state index in [2.05, 4.69) is 0 Å². The van der Waals surface area contributed by atoms with Crippen molar-refractivity contribution in [2.45, 2.75) is 5.60 Å². The summed E-state index contributed by atoms with van der Waals surface area (Å²) in [7, 11) is 2.41. The molecule has 0 bridgehead atoms. The molecule has 1 aliphatic heterocycles. The predicted octanol–water partition coefficient (Wildman–Crippen LogP) is 1.86. The molecule has 6 heteroatoms. The van der Waals surface area contributed by atoms with Crippen LogP contribution in [0.3, 0.4) is 0 Å². The van der Waals surface area contributed by atoms with Crippen molar-refractivity contribution in [1.82, 2.24) is 0 Å². The summed E-state index contributed by atoms with van der Waals surface area (Å²) in [6, 6.07) is 10.5. The maximum absolute atomic E-state index is 13.2. The first-order valence-corrected chi connectivity index (χ1v) is 7.23. The smallest absolute Gasteiger partial charge is 0.376 e. The summed E-state index contributed by atoms with van der Waals surface area (Å²) >= 11 is 0. The normalized spacial score (nSPS) is 21.6. The highest BCUT2D eigenvalue weighted by atomic mass is 16.6. The van der Waals surface area contributed by atoms with Crippen molar-refractivity contribution in [3.63, 3.8) is 0 Å². The number of ketones is 1. The molecule has 0 N–H and O–H groups in total. The van der Waals surface area contributed by atoms with Crippen molar-refractivity contribution in [3.05, 3.63) is 58.9 Å². The maximum Gasteiger partial charge on any atom is 0.376 e. The van der Waals surface area contributed by atoms with Gasteiger partial charge in [0, 0.05) is 16.5 Å². The minimum atomic E-state index is -1.85. The molecule has 1 atom stereocenters. The molecule has 0 saturated carbocycles. The fourth-order valence-corrected chi connectivity index (χ4v) is 3.51. The van der Waals surface area contributed by atoms with Crippen LogP contribution in [-0.4, -0.2) is 31.9 Å². The number of benzene rings is 2. The number of rotatable bonds is 2. The highest BCUT2D eigenvalue weighted by Crippen LogP contribution is 2.51. The average molecular weight is 324 g/mol. The summed E-state index contributed by atoms with van der Waals surface area (Å²) in [5, 5.41) is 1.48. The highest BCUT2D eigenvalue weighted by Gasteiger charge is 2.62. The van der Waals surface area contributed by atoms with E-state index in [1.807, 2.05) is 12.1 Å². The van der Waals surface area contributed by atoms with E-state index in [9.17, 15) is 14.4 Å². The van der Waals surface area contributed by atoms with Gasteiger partial charge in [-0.15, -0.1) is 0 Å². The summed E-state index contributed by atoms with van der Waals surface area (Å²) < 4.78 is 15.3. The molecule has 0 radical (unpaired) electrons. The number of Topliss-reactive ketones (excluding diaryl/α,β-unsaturated/α-hetero) is 1. The highest BCUT2D eigenvalue weighted by molar-refractivity contribution is 6.26. The Labute approximate surface area is 136 Å². The molecule has 2 aromatic carbocycles. The van der Waals surface area contributed by atoms with Gasteiger partial charge in [0.1, 0.15) is 5.57 Å². The van der Waals surface area contributed by atoms with Crippen molar-refractivity contribution < 1.29 is 28.6 Å². The number of carbonyl (C=O) groups excluding carboxylic acids is 3. The van der Waals surface area contributed by atoms with E-state index in [4.69, 9.17) is 14.2 Å². The Hall–Kier alpha value is -3.15. The van der Waals surface area contributed by atoms with Crippen molar-refractivity contribution in [3.8, 4) is 0 Å². The van der Waals surface area contributed by atoms with E-state index in [1.165, 1.54) is 14.2 Å². The predicted molar refractivity (Wildman–Crippen MR) is 82.1 cm³/mol. The van der Waals surface area contributed by atoms with Gasteiger partial charge in [0.15, 0.2) is 0 Å². The second-order valence-electron chi connectivity index (χ2n) is 5.51. The second kappa shape index (κ2) is 4.67. The van der Waals surface area contributed by atoms with Gasteiger partial charge in [0.2, 0.25) is 17.1 Å². The fraction of sp³-hybridized carbons (Fsp3) is 0.167. The molecule has 120 valence electrons. The van der Waals surface area contributed by atoms with Crippen LogP contribution < -0.4 is 0 Å². The number of methoxy groups -OCH3 is 2. The summed E-state index contributed by atoms with van der Waals surface area (Å²) in [4.78, 5) is 37.8. The third-order valence-electron chi connectivity index (χ3n) is 4.45. The van der Waals surface area contributed by atoms with Crippen LogP contribution in [0.15, 0.2) is 47.7 Å². The van der Waals surface area contributed by atoms with Crippen LogP contribution in [0.1, 0.15) is 15.9 Å². The van der Waals surface area contributed by atoms with Gasteiger partial charge < -0.3 is 14.2 Å². The molecule has 1 unspecified atom stereocenters. The molecule has 1 heterocycles. The molecule has 0 aromatic heterocycles. The van der Waals surface area contributed by atoms with Gasteiger partial charge in [-0.05, 0) is 5.39 Å². The number of carbonyl (C=O) groups is 3. The van der Waals surface area contributed by atoms with E-state index in [-0.39, 0.29) is 11.3 Å². The van der Waals surface area contributed by atoms with Gasteiger partial charge in [0.05, 0.1) is 14.2 Å². The lowest BCUT2D eigenvalue weighted by atomic mass is 9.86. The second-order valence-corrected chi connectivity index (χ2v) is 5.51. The minimum Gasteiger partial charge on any atom is -0.489 e. The van der Waals surface area contributed by atoms with Crippen LogP contribution >= 0.6 is 0 Å². The zero-order valence-corrected chi connectivity index (χ0v) is 12.9. The zero-order valence-electron chi connectivity index (χ0n) is 12.9. The third-order valence-corrected chi connectivity index (χ3v) is 4.45. The first kappa shape index (κ1) is 14.4. The van der Waals surface area contributed by atoms with Crippen LogP contribution in [0.4, 0.5) is 0 Å². The molecule has 0 saturated heterocycles. The van der Waals surface area contributed by atoms with Crippen LogP contribution in [0.5, 0.6) is 0 Å². The molecule has 4 rings (SSSR count). The molecule has 1 aliphatic carbocycles.